The number of morpholine rings is 1. The molecule has 1 amide bonds. The number of benzene rings is 2. The number of nitrogens with one attached hydrogen (secondary N) is 2. The Morgan fingerprint density at radius 2 is 1.73 bits per heavy atom. The first kappa shape index (κ1) is 29.3. The summed E-state index contributed by atoms with van der Waals surface area (Å²) in [6.45, 7) is 2.85. The van der Waals surface area contributed by atoms with Gasteiger partial charge in [-0.05, 0) is 35.9 Å². The van der Waals surface area contributed by atoms with Crippen molar-refractivity contribution in [3.05, 3.63) is 78.0 Å². The quantitative estimate of drug-likeness (QED) is 0.211. The lowest BCUT2D eigenvalue weighted by Gasteiger charge is -2.28. The predicted octanol–water partition coefficient (Wildman–Crippen LogP) is 5.35. The van der Waals surface area contributed by atoms with Crippen molar-refractivity contribution in [3.63, 3.8) is 0 Å². The van der Waals surface area contributed by atoms with Crippen LogP contribution in [0.3, 0.4) is 0 Å². The van der Waals surface area contributed by atoms with Gasteiger partial charge in [0, 0.05) is 35.5 Å². The molecular weight excluding hydrogens is 561 g/mol. The van der Waals surface area contributed by atoms with Crippen molar-refractivity contribution in [1.29, 1.82) is 0 Å². The number of primary amides is 1. The second-order valence-corrected chi connectivity index (χ2v) is 9.56. The van der Waals surface area contributed by atoms with Crippen molar-refractivity contribution < 1.29 is 32.6 Å². The summed E-state index contributed by atoms with van der Waals surface area (Å²) in [6, 6.07) is 17.8. The lowest BCUT2D eigenvalue weighted by Crippen LogP contribution is -2.36. The van der Waals surface area contributed by atoms with E-state index in [1.54, 1.807) is 36.4 Å². The number of aromatic nitrogens is 2. The van der Waals surface area contributed by atoms with Crippen molar-refractivity contribution in [3.8, 4) is 10.4 Å². The Kier molecular flexibility index (Phi) is 9.37. The maximum Gasteiger partial charge on any atom is 0.421 e. The van der Waals surface area contributed by atoms with Gasteiger partial charge in [0.05, 0.1) is 18.8 Å². The number of nitrogens with zero attached hydrogens (tertiary/aromatic N) is 3. The van der Waals surface area contributed by atoms with Crippen molar-refractivity contribution in [1.82, 2.24) is 9.97 Å². The minimum absolute atomic E-state index is 0.0290. The highest BCUT2D eigenvalue weighted by Gasteiger charge is 2.36. The zero-order valence-corrected chi connectivity index (χ0v) is 22.2. The van der Waals surface area contributed by atoms with E-state index in [9.17, 15) is 23.1 Å². The summed E-state index contributed by atoms with van der Waals surface area (Å²) in [6.07, 6.45) is -3.84. The van der Waals surface area contributed by atoms with Gasteiger partial charge in [0.25, 0.3) is 0 Å². The molecule has 14 heteroatoms. The lowest BCUT2D eigenvalue weighted by atomic mass is 10.1. The highest BCUT2D eigenvalue weighted by molar-refractivity contribution is 7.19. The van der Waals surface area contributed by atoms with Crippen molar-refractivity contribution in [2.75, 3.05) is 41.8 Å². The van der Waals surface area contributed by atoms with Crippen LogP contribution in [0.5, 0.6) is 0 Å². The summed E-state index contributed by atoms with van der Waals surface area (Å²) in [5.41, 5.74) is 5.23. The summed E-state index contributed by atoms with van der Waals surface area (Å²) in [4.78, 5) is 31.1. The second kappa shape index (κ2) is 13.1. The number of amides is 1. The van der Waals surface area contributed by atoms with E-state index in [1.807, 2.05) is 18.2 Å². The van der Waals surface area contributed by atoms with Crippen LogP contribution in [0.4, 0.5) is 41.3 Å². The molecule has 10 nitrogen and oxygen atoms in total. The number of carbonyl (C=O) groups is 2. The Bertz CT molecular complexity index is 1480. The Hall–Kier alpha value is -4.69. The number of aromatic carboxylic acids is 1. The molecule has 4 aromatic rings. The van der Waals surface area contributed by atoms with Crippen LogP contribution >= 0.6 is 11.3 Å². The maximum absolute atomic E-state index is 13.8. The molecule has 214 valence electrons. The van der Waals surface area contributed by atoms with Crippen molar-refractivity contribution in [2.45, 2.75) is 6.18 Å². The number of ether oxygens (including phenoxy) is 1. The Morgan fingerprint density at radius 3 is 2.34 bits per heavy atom. The third-order valence-corrected chi connectivity index (χ3v) is 6.95. The minimum atomic E-state index is -4.76. The number of rotatable bonds is 7. The van der Waals surface area contributed by atoms with Crippen LogP contribution in [0.1, 0.15) is 15.9 Å². The SMILES string of the molecule is NC=O.O=C(O)c1cc(-c2ccccc2)sc1Nc1nc(Nc2ccc(N3CCOCC3)cc2)ncc1C(F)(F)F. The smallest absolute Gasteiger partial charge is 0.421 e. The molecule has 0 spiro atoms. The lowest BCUT2D eigenvalue weighted by molar-refractivity contribution is -0.137. The van der Waals surface area contributed by atoms with Gasteiger partial charge in [-0.2, -0.15) is 18.2 Å². The summed E-state index contributed by atoms with van der Waals surface area (Å²) in [7, 11) is 0. The van der Waals surface area contributed by atoms with Gasteiger partial charge in [-0.15, -0.1) is 11.3 Å². The molecule has 0 aliphatic carbocycles. The number of carboxylic acid groups (broad SMARTS) is 1. The van der Waals surface area contributed by atoms with Gasteiger partial charge in [0.1, 0.15) is 16.4 Å². The van der Waals surface area contributed by atoms with Gasteiger partial charge in [0.2, 0.25) is 12.4 Å². The zero-order chi connectivity index (χ0) is 29.4. The average Bonchev–Trinajstić information content (AvgIpc) is 3.38. The van der Waals surface area contributed by atoms with Gasteiger partial charge in [-0.1, -0.05) is 30.3 Å². The van der Waals surface area contributed by atoms with Crippen LogP contribution in [0.2, 0.25) is 0 Å². The number of alkyl halides is 3. The number of carbonyl (C=O) groups excluding carboxylic acids is 1. The molecule has 0 saturated carbocycles. The fourth-order valence-corrected chi connectivity index (χ4v) is 5.00. The second-order valence-electron chi connectivity index (χ2n) is 8.51. The van der Waals surface area contributed by atoms with Crippen LogP contribution in [0, 0.1) is 0 Å². The summed E-state index contributed by atoms with van der Waals surface area (Å²) >= 11 is 1.03. The van der Waals surface area contributed by atoms with Gasteiger partial charge in [-0.3, -0.25) is 4.79 Å². The molecule has 5 rings (SSSR count). The van der Waals surface area contributed by atoms with Crippen LogP contribution in [0.25, 0.3) is 10.4 Å². The van der Waals surface area contributed by atoms with Crippen molar-refractivity contribution in [2.24, 2.45) is 5.73 Å². The monoisotopic (exact) mass is 586 g/mol. The number of thiophene rings is 1. The molecule has 1 saturated heterocycles. The van der Waals surface area contributed by atoms with Crippen LogP contribution in [-0.4, -0.2) is 53.8 Å². The highest BCUT2D eigenvalue weighted by Crippen LogP contribution is 2.40. The molecule has 3 heterocycles. The molecule has 0 atom stereocenters. The molecule has 41 heavy (non-hydrogen) atoms. The van der Waals surface area contributed by atoms with E-state index in [2.05, 4.69) is 31.2 Å². The molecule has 2 aromatic heterocycles. The first-order chi connectivity index (χ1) is 19.7. The molecule has 0 unspecified atom stereocenters. The van der Waals surface area contributed by atoms with E-state index in [1.165, 1.54) is 6.07 Å². The topological polar surface area (TPSA) is 143 Å². The van der Waals surface area contributed by atoms with Crippen molar-refractivity contribution >= 4 is 51.9 Å². The number of hydrogen-bond donors (Lipinski definition) is 4. The van der Waals surface area contributed by atoms with E-state index < -0.39 is 23.5 Å². The number of anilines is 5. The standard InChI is InChI=1S/C26H22F3N5O3S.CH3NO/c27-26(28,29)20-15-30-25(31-17-6-8-18(9-7-17)34-10-12-37-13-11-34)33-22(20)32-23-19(24(35)36)14-21(38-23)16-4-2-1-3-5-16;2-1-3/h1-9,14-15H,10-13H2,(H,35,36)(H2,30,31,32,33);1H,(H2,2,3). The van der Waals surface area contributed by atoms with E-state index in [4.69, 9.17) is 9.53 Å². The third-order valence-electron chi connectivity index (χ3n) is 5.85. The van der Waals surface area contributed by atoms with Gasteiger partial charge >= 0.3 is 12.1 Å². The highest BCUT2D eigenvalue weighted by atomic mass is 32.1. The summed E-state index contributed by atoms with van der Waals surface area (Å²) < 4.78 is 46.7. The Labute approximate surface area is 236 Å². The maximum atomic E-state index is 13.8. The largest absolute Gasteiger partial charge is 0.478 e. The number of carboxylic acids is 1. The zero-order valence-electron chi connectivity index (χ0n) is 21.4. The number of hydrogen-bond acceptors (Lipinski definition) is 9. The van der Waals surface area contributed by atoms with E-state index >= 15 is 0 Å². The summed E-state index contributed by atoms with van der Waals surface area (Å²) in [5.74, 6) is -1.90. The Morgan fingerprint density at radius 1 is 1.07 bits per heavy atom. The van der Waals surface area contributed by atoms with E-state index in [-0.39, 0.29) is 22.9 Å². The van der Waals surface area contributed by atoms with Crippen LogP contribution < -0.4 is 21.3 Å². The number of halogens is 3. The van der Waals surface area contributed by atoms with E-state index in [0.29, 0.717) is 30.0 Å². The Balaban J connectivity index is 0.00000124. The molecule has 1 fully saturated rings. The molecule has 1 aliphatic heterocycles. The fraction of sp³-hybridized carbons (Fsp3) is 0.185. The van der Waals surface area contributed by atoms with Crippen LogP contribution in [-0.2, 0) is 15.7 Å². The van der Waals surface area contributed by atoms with E-state index in [0.717, 1.165) is 35.7 Å². The summed E-state index contributed by atoms with van der Waals surface area (Å²) in [5, 5.41) is 15.2. The van der Waals surface area contributed by atoms with Crippen LogP contribution in [0.15, 0.2) is 66.9 Å². The molecule has 0 radical (unpaired) electrons. The van der Waals surface area contributed by atoms with Gasteiger partial charge < -0.3 is 31.1 Å². The minimum Gasteiger partial charge on any atom is -0.478 e. The molecular formula is C27H25F3N6O4S. The number of nitrogens with two attached hydrogens (primary N) is 1. The molecule has 1 aliphatic rings. The predicted molar refractivity (Wildman–Crippen MR) is 150 cm³/mol. The first-order valence-electron chi connectivity index (χ1n) is 12.2. The molecule has 2 aromatic carbocycles. The fourth-order valence-electron chi connectivity index (χ4n) is 3.95. The van der Waals surface area contributed by atoms with Gasteiger partial charge in [0.15, 0.2) is 0 Å². The first-order valence-corrected chi connectivity index (χ1v) is 13.0. The third kappa shape index (κ3) is 7.49. The molecule has 5 N–H and O–H groups in total. The van der Waals surface area contributed by atoms with Gasteiger partial charge in [-0.25, -0.2) is 9.78 Å². The molecule has 0 bridgehead atoms. The average molecular weight is 587 g/mol. The normalized spacial score (nSPS) is 13.1.